The molecule has 7 nitrogen and oxygen atoms in total. The van der Waals surface area contributed by atoms with E-state index >= 15 is 0 Å². The molecule has 118 valence electrons. The van der Waals surface area contributed by atoms with Crippen LogP contribution in [0.5, 0.6) is 0 Å². The summed E-state index contributed by atoms with van der Waals surface area (Å²) in [4.78, 5) is 13.5. The van der Waals surface area contributed by atoms with Gasteiger partial charge < -0.3 is 15.1 Å². The van der Waals surface area contributed by atoms with E-state index in [1.165, 1.54) is 0 Å². The van der Waals surface area contributed by atoms with Gasteiger partial charge in [-0.1, -0.05) is 13.3 Å². The topological polar surface area (TPSA) is 73.0 Å². The Morgan fingerprint density at radius 2 is 2.05 bits per heavy atom. The predicted octanol–water partition coefficient (Wildman–Crippen LogP) is 1.65. The van der Waals surface area contributed by atoms with Crippen LogP contribution in [0.3, 0.4) is 0 Å². The molecule has 2 aromatic heterocycles. The van der Waals surface area contributed by atoms with Gasteiger partial charge in [0.2, 0.25) is 5.95 Å². The van der Waals surface area contributed by atoms with Gasteiger partial charge in [-0.2, -0.15) is 10.1 Å². The first-order chi connectivity index (χ1) is 10.7. The van der Waals surface area contributed by atoms with Crippen LogP contribution in [0.25, 0.3) is 0 Å². The number of hydrogen-bond acceptors (Lipinski definition) is 6. The lowest BCUT2D eigenvalue weighted by Crippen LogP contribution is -2.45. The predicted molar refractivity (Wildman–Crippen MR) is 87.6 cm³/mol. The zero-order chi connectivity index (χ0) is 15.4. The number of H-pyrrole nitrogens is 1. The molecule has 1 aliphatic rings. The molecule has 1 fully saturated rings. The van der Waals surface area contributed by atoms with Crippen molar-refractivity contribution in [2.45, 2.75) is 19.8 Å². The number of nitrogens with zero attached hydrogens (tertiary/aromatic N) is 5. The second kappa shape index (κ2) is 6.74. The van der Waals surface area contributed by atoms with Gasteiger partial charge in [-0.05, 0) is 19.5 Å². The molecule has 0 spiro atoms. The van der Waals surface area contributed by atoms with Crippen molar-refractivity contribution in [2.75, 3.05) is 43.4 Å². The fraction of sp³-hybridized carbons (Fsp3) is 0.533. The maximum Gasteiger partial charge on any atom is 0.227 e. The highest BCUT2D eigenvalue weighted by Gasteiger charge is 2.16. The molecule has 0 aliphatic carbocycles. The Hall–Kier alpha value is -2.15. The average Bonchev–Trinajstić information content (AvgIpc) is 2.96. The molecular formula is C15H23N7. The quantitative estimate of drug-likeness (QED) is 0.875. The van der Waals surface area contributed by atoms with Crippen LogP contribution in [0.4, 0.5) is 17.6 Å². The Labute approximate surface area is 130 Å². The number of aryl methyl sites for hydroxylation is 1. The summed E-state index contributed by atoms with van der Waals surface area (Å²) in [5.74, 6) is 2.35. The number of rotatable bonds is 5. The molecule has 0 bridgehead atoms. The first kappa shape index (κ1) is 14.8. The summed E-state index contributed by atoms with van der Waals surface area (Å²) in [6.45, 7) is 6.16. The SMILES string of the molecule is CCCc1cc(Nc2ccnc(N3CCN(C)CC3)n2)n[nH]1. The van der Waals surface area contributed by atoms with Crippen LogP contribution in [-0.4, -0.2) is 58.3 Å². The molecule has 3 rings (SSSR count). The zero-order valence-electron chi connectivity index (χ0n) is 13.2. The Balaban J connectivity index is 1.68. The molecule has 0 saturated carbocycles. The number of aromatic amines is 1. The molecule has 0 unspecified atom stereocenters. The second-order valence-corrected chi connectivity index (χ2v) is 5.69. The molecule has 0 aromatic carbocycles. The molecule has 2 aromatic rings. The van der Waals surface area contributed by atoms with E-state index in [4.69, 9.17) is 0 Å². The van der Waals surface area contributed by atoms with Crippen molar-refractivity contribution in [1.29, 1.82) is 0 Å². The van der Waals surface area contributed by atoms with Crippen molar-refractivity contribution in [3.8, 4) is 0 Å². The Morgan fingerprint density at radius 1 is 1.23 bits per heavy atom. The summed E-state index contributed by atoms with van der Waals surface area (Å²) in [6, 6.07) is 3.90. The summed E-state index contributed by atoms with van der Waals surface area (Å²) in [6.07, 6.45) is 3.90. The third-order valence-corrected chi connectivity index (χ3v) is 3.84. The highest BCUT2D eigenvalue weighted by atomic mass is 15.3. The minimum Gasteiger partial charge on any atom is -0.338 e. The van der Waals surface area contributed by atoms with E-state index in [-0.39, 0.29) is 0 Å². The van der Waals surface area contributed by atoms with Crippen molar-refractivity contribution in [3.63, 3.8) is 0 Å². The second-order valence-electron chi connectivity index (χ2n) is 5.69. The van der Waals surface area contributed by atoms with Crippen molar-refractivity contribution < 1.29 is 0 Å². The van der Waals surface area contributed by atoms with Crippen LogP contribution >= 0.6 is 0 Å². The van der Waals surface area contributed by atoms with Crippen LogP contribution in [0, 0.1) is 0 Å². The number of nitrogens with one attached hydrogen (secondary N) is 2. The molecule has 0 atom stereocenters. The van der Waals surface area contributed by atoms with E-state index < -0.39 is 0 Å². The first-order valence-corrected chi connectivity index (χ1v) is 7.82. The molecule has 2 N–H and O–H groups in total. The van der Waals surface area contributed by atoms with Crippen molar-refractivity contribution in [1.82, 2.24) is 25.1 Å². The van der Waals surface area contributed by atoms with Gasteiger partial charge in [-0.3, -0.25) is 5.10 Å². The number of piperazine rings is 1. The normalized spacial score (nSPS) is 16.0. The molecule has 0 amide bonds. The van der Waals surface area contributed by atoms with Gasteiger partial charge in [-0.15, -0.1) is 0 Å². The van der Waals surface area contributed by atoms with E-state index in [1.807, 2.05) is 12.1 Å². The summed E-state index contributed by atoms with van der Waals surface area (Å²) in [5.41, 5.74) is 1.14. The summed E-state index contributed by atoms with van der Waals surface area (Å²) in [5, 5.41) is 10.5. The fourth-order valence-corrected chi connectivity index (χ4v) is 2.53. The van der Waals surface area contributed by atoms with Gasteiger partial charge >= 0.3 is 0 Å². The summed E-state index contributed by atoms with van der Waals surface area (Å²) < 4.78 is 0. The largest absolute Gasteiger partial charge is 0.338 e. The Morgan fingerprint density at radius 3 is 2.82 bits per heavy atom. The van der Waals surface area contributed by atoms with Crippen molar-refractivity contribution >= 4 is 17.6 Å². The molecule has 7 heteroatoms. The lowest BCUT2D eigenvalue weighted by atomic mass is 10.2. The number of hydrogen-bond donors (Lipinski definition) is 2. The maximum absolute atomic E-state index is 4.60. The van der Waals surface area contributed by atoms with Crippen LogP contribution < -0.4 is 10.2 Å². The zero-order valence-corrected chi connectivity index (χ0v) is 13.2. The maximum atomic E-state index is 4.60. The summed E-state index contributed by atoms with van der Waals surface area (Å²) in [7, 11) is 2.14. The lowest BCUT2D eigenvalue weighted by Gasteiger charge is -2.32. The highest BCUT2D eigenvalue weighted by Crippen LogP contribution is 2.17. The Bertz CT molecular complexity index is 601. The van der Waals surface area contributed by atoms with Crippen molar-refractivity contribution in [3.05, 3.63) is 24.0 Å². The lowest BCUT2D eigenvalue weighted by molar-refractivity contribution is 0.311. The van der Waals surface area contributed by atoms with E-state index in [2.05, 4.69) is 49.3 Å². The molecule has 3 heterocycles. The number of aromatic nitrogens is 4. The van der Waals surface area contributed by atoms with E-state index in [1.54, 1.807) is 6.20 Å². The third-order valence-electron chi connectivity index (χ3n) is 3.84. The van der Waals surface area contributed by atoms with Gasteiger partial charge in [0, 0.05) is 44.1 Å². The molecule has 22 heavy (non-hydrogen) atoms. The summed E-state index contributed by atoms with van der Waals surface area (Å²) >= 11 is 0. The monoisotopic (exact) mass is 301 g/mol. The molecule has 0 radical (unpaired) electrons. The minimum atomic E-state index is 0.776. The van der Waals surface area contributed by atoms with Gasteiger partial charge in [-0.25, -0.2) is 4.98 Å². The van der Waals surface area contributed by atoms with E-state index in [0.29, 0.717) is 0 Å². The van der Waals surface area contributed by atoms with Crippen LogP contribution in [-0.2, 0) is 6.42 Å². The third kappa shape index (κ3) is 3.54. The number of likely N-dealkylation sites (N-methyl/N-ethyl adjacent to an activating group) is 1. The smallest absolute Gasteiger partial charge is 0.227 e. The highest BCUT2D eigenvalue weighted by molar-refractivity contribution is 5.53. The number of anilines is 3. The fourth-order valence-electron chi connectivity index (χ4n) is 2.53. The molecule has 1 aliphatic heterocycles. The van der Waals surface area contributed by atoms with Crippen LogP contribution in [0.2, 0.25) is 0 Å². The molecule has 1 saturated heterocycles. The van der Waals surface area contributed by atoms with Gasteiger partial charge in [0.25, 0.3) is 0 Å². The van der Waals surface area contributed by atoms with Crippen LogP contribution in [0.1, 0.15) is 19.0 Å². The molecular weight excluding hydrogens is 278 g/mol. The van der Waals surface area contributed by atoms with E-state index in [9.17, 15) is 0 Å². The van der Waals surface area contributed by atoms with Crippen LogP contribution in [0.15, 0.2) is 18.3 Å². The Kier molecular flexibility index (Phi) is 4.53. The van der Waals surface area contributed by atoms with Crippen molar-refractivity contribution in [2.24, 2.45) is 0 Å². The van der Waals surface area contributed by atoms with Gasteiger partial charge in [0.1, 0.15) is 5.82 Å². The van der Waals surface area contributed by atoms with Gasteiger partial charge in [0.15, 0.2) is 5.82 Å². The minimum absolute atomic E-state index is 0.776. The van der Waals surface area contributed by atoms with E-state index in [0.717, 1.165) is 62.3 Å². The average molecular weight is 301 g/mol. The first-order valence-electron chi connectivity index (χ1n) is 7.82. The van der Waals surface area contributed by atoms with Gasteiger partial charge in [0.05, 0.1) is 0 Å². The standard InChI is InChI=1S/C15H23N7/c1-3-4-12-11-14(20-19-12)17-13-5-6-16-15(18-13)22-9-7-21(2)8-10-22/h5-6,11H,3-4,7-10H2,1-2H3,(H2,16,17,18,19,20).